The second-order valence-corrected chi connectivity index (χ2v) is 3.99. The molecule has 0 saturated carbocycles. The van der Waals surface area contributed by atoms with Crippen molar-refractivity contribution in [3.63, 3.8) is 0 Å². The number of hydrogen-bond donors (Lipinski definition) is 0. The van der Waals surface area contributed by atoms with E-state index in [1.54, 1.807) is 12.1 Å². The molecular formula is C14H14O2. The fourth-order valence-corrected chi connectivity index (χ4v) is 1.69. The summed E-state index contributed by atoms with van der Waals surface area (Å²) in [6.07, 6.45) is 0. The summed E-state index contributed by atoms with van der Waals surface area (Å²) in [5.41, 5.74) is 2.85. The second-order valence-electron chi connectivity index (χ2n) is 3.99. The van der Waals surface area contributed by atoms with E-state index < -0.39 is 0 Å². The molecule has 1 aromatic heterocycles. The zero-order chi connectivity index (χ0) is 11.7. The van der Waals surface area contributed by atoms with Gasteiger partial charge in [-0.2, -0.15) is 0 Å². The molecular weight excluding hydrogens is 200 g/mol. The van der Waals surface area contributed by atoms with Crippen molar-refractivity contribution in [3.05, 3.63) is 58.5 Å². The maximum Gasteiger partial charge on any atom is 0.228 e. The van der Waals surface area contributed by atoms with Gasteiger partial charge in [0.05, 0.1) is 0 Å². The minimum atomic E-state index is -0.0469. The first-order chi connectivity index (χ1) is 7.59. The molecule has 0 saturated heterocycles. The van der Waals surface area contributed by atoms with Gasteiger partial charge in [0, 0.05) is 5.56 Å². The SMILES string of the molecule is Cc1ccc(C(=O)c2cccc(C)c2C)o1. The Labute approximate surface area is 94.9 Å². The van der Waals surface area contributed by atoms with Crippen molar-refractivity contribution < 1.29 is 9.21 Å². The molecule has 1 heterocycles. The van der Waals surface area contributed by atoms with E-state index in [2.05, 4.69) is 0 Å². The fourth-order valence-electron chi connectivity index (χ4n) is 1.69. The van der Waals surface area contributed by atoms with E-state index in [0.717, 1.165) is 16.9 Å². The molecule has 0 radical (unpaired) electrons. The molecule has 0 N–H and O–H groups in total. The zero-order valence-electron chi connectivity index (χ0n) is 9.70. The minimum Gasteiger partial charge on any atom is -0.458 e. The lowest BCUT2D eigenvalue weighted by Gasteiger charge is -2.05. The van der Waals surface area contributed by atoms with Gasteiger partial charge in [0.15, 0.2) is 5.76 Å². The first-order valence-corrected chi connectivity index (χ1v) is 5.27. The molecule has 0 atom stereocenters. The van der Waals surface area contributed by atoms with Crippen LogP contribution in [0.2, 0.25) is 0 Å². The number of benzene rings is 1. The van der Waals surface area contributed by atoms with Crippen LogP contribution in [0.15, 0.2) is 34.7 Å². The highest BCUT2D eigenvalue weighted by Gasteiger charge is 2.15. The summed E-state index contributed by atoms with van der Waals surface area (Å²) < 4.78 is 5.35. The zero-order valence-corrected chi connectivity index (χ0v) is 9.70. The number of aryl methyl sites for hydroxylation is 2. The van der Waals surface area contributed by atoms with Crippen LogP contribution in [-0.2, 0) is 0 Å². The molecule has 2 heteroatoms. The quantitative estimate of drug-likeness (QED) is 0.717. The largest absolute Gasteiger partial charge is 0.458 e. The number of ketones is 1. The maximum atomic E-state index is 12.1. The van der Waals surface area contributed by atoms with Crippen molar-refractivity contribution in [1.82, 2.24) is 0 Å². The molecule has 0 aliphatic heterocycles. The molecule has 0 spiro atoms. The van der Waals surface area contributed by atoms with Crippen molar-refractivity contribution in [2.45, 2.75) is 20.8 Å². The van der Waals surface area contributed by atoms with E-state index in [4.69, 9.17) is 4.42 Å². The summed E-state index contributed by atoms with van der Waals surface area (Å²) >= 11 is 0. The van der Waals surface area contributed by atoms with E-state index in [0.29, 0.717) is 11.3 Å². The smallest absolute Gasteiger partial charge is 0.228 e. The predicted molar refractivity (Wildman–Crippen MR) is 62.8 cm³/mol. The van der Waals surface area contributed by atoms with Crippen LogP contribution in [-0.4, -0.2) is 5.78 Å². The fraction of sp³-hybridized carbons (Fsp3) is 0.214. The van der Waals surface area contributed by atoms with Crippen LogP contribution in [0.1, 0.15) is 33.0 Å². The number of furan rings is 1. The van der Waals surface area contributed by atoms with Gasteiger partial charge in [-0.05, 0) is 44.0 Å². The molecule has 0 aliphatic rings. The molecule has 16 heavy (non-hydrogen) atoms. The Morgan fingerprint density at radius 2 is 1.81 bits per heavy atom. The Hall–Kier alpha value is -1.83. The lowest BCUT2D eigenvalue weighted by Crippen LogP contribution is -2.03. The van der Waals surface area contributed by atoms with E-state index in [9.17, 15) is 4.79 Å². The molecule has 0 unspecified atom stereocenters. The van der Waals surface area contributed by atoms with Gasteiger partial charge in [0.1, 0.15) is 5.76 Å². The molecule has 0 fully saturated rings. The van der Waals surface area contributed by atoms with E-state index >= 15 is 0 Å². The van der Waals surface area contributed by atoms with Gasteiger partial charge in [0.2, 0.25) is 5.78 Å². The molecule has 0 amide bonds. The van der Waals surface area contributed by atoms with Gasteiger partial charge >= 0.3 is 0 Å². The Morgan fingerprint density at radius 3 is 2.44 bits per heavy atom. The van der Waals surface area contributed by atoms with Gasteiger partial charge < -0.3 is 4.42 Å². The highest BCUT2D eigenvalue weighted by molar-refractivity contribution is 6.08. The van der Waals surface area contributed by atoms with Crippen molar-refractivity contribution in [2.24, 2.45) is 0 Å². The first kappa shape index (κ1) is 10.7. The topological polar surface area (TPSA) is 30.2 Å². The third-order valence-corrected chi connectivity index (χ3v) is 2.81. The highest BCUT2D eigenvalue weighted by atomic mass is 16.3. The Balaban J connectivity index is 2.45. The Morgan fingerprint density at radius 1 is 1.06 bits per heavy atom. The summed E-state index contributed by atoms with van der Waals surface area (Å²) in [4.78, 5) is 12.1. The lowest BCUT2D eigenvalue weighted by atomic mass is 9.99. The monoisotopic (exact) mass is 214 g/mol. The number of carbonyl (C=O) groups excluding carboxylic acids is 1. The van der Waals surface area contributed by atoms with Crippen molar-refractivity contribution in [1.29, 1.82) is 0 Å². The summed E-state index contributed by atoms with van der Waals surface area (Å²) in [5, 5.41) is 0. The Kier molecular flexibility index (Phi) is 2.65. The molecule has 0 aliphatic carbocycles. The second kappa shape index (κ2) is 3.97. The van der Waals surface area contributed by atoms with Crippen LogP contribution in [0.4, 0.5) is 0 Å². The maximum absolute atomic E-state index is 12.1. The lowest BCUT2D eigenvalue weighted by molar-refractivity contribution is 0.101. The van der Waals surface area contributed by atoms with Crippen molar-refractivity contribution in [2.75, 3.05) is 0 Å². The number of rotatable bonds is 2. The van der Waals surface area contributed by atoms with Gasteiger partial charge in [-0.25, -0.2) is 0 Å². The van der Waals surface area contributed by atoms with Crippen LogP contribution >= 0.6 is 0 Å². The van der Waals surface area contributed by atoms with Crippen LogP contribution in [0.25, 0.3) is 0 Å². The van der Waals surface area contributed by atoms with Crippen LogP contribution < -0.4 is 0 Å². The Bertz CT molecular complexity index is 535. The van der Waals surface area contributed by atoms with E-state index in [-0.39, 0.29) is 5.78 Å². The van der Waals surface area contributed by atoms with Gasteiger partial charge in [-0.3, -0.25) is 4.79 Å². The summed E-state index contributed by atoms with van der Waals surface area (Å²) in [6.45, 7) is 5.79. The standard InChI is InChI=1S/C14H14O2/c1-9-5-4-6-12(11(9)3)14(15)13-8-7-10(2)16-13/h4-8H,1-3H3. The van der Waals surface area contributed by atoms with Crippen LogP contribution in [0.5, 0.6) is 0 Å². The van der Waals surface area contributed by atoms with Crippen LogP contribution in [0.3, 0.4) is 0 Å². The predicted octanol–water partition coefficient (Wildman–Crippen LogP) is 3.44. The highest BCUT2D eigenvalue weighted by Crippen LogP contribution is 2.18. The van der Waals surface area contributed by atoms with Crippen LogP contribution in [0, 0.1) is 20.8 Å². The van der Waals surface area contributed by atoms with Gasteiger partial charge in [-0.15, -0.1) is 0 Å². The van der Waals surface area contributed by atoms with Gasteiger partial charge in [0.25, 0.3) is 0 Å². The minimum absolute atomic E-state index is 0.0469. The molecule has 2 rings (SSSR count). The van der Waals surface area contributed by atoms with Crippen molar-refractivity contribution >= 4 is 5.78 Å². The van der Waals surface area contributed by atoms with Crippen molar-refractivity contribution in [3.8, 4) is 0 Å². The molecule has 1 aromatic carbocycles. The average molecular weight is 214 g/mol. The molecule has 0 bridgehead atoms. The third kappa shape index (κ3) is 1.78. The summed E-state index contributed by atoms with van der Waals surface area (Å²) in [6, 6.07) is 9.26. The third-order valence-electron chi connectivity index (χ3n) is 2.81. The number of carbonyl (C=O) groups is 1. The summed E-state index contributed by atoms with van der Waals surface area (Å²) in [7, 11) is 0. The normalized spacial score (nSPS) is 10.4. The molecule has 2 aromatic rings. The van der Waals surface area contributed by atoms with Gasteiger partial charge in [-0.1, -0.05) is 18.2 Å². The first-order valence-electron chi connectivity index (χ1n) is 5.27. The summed E-state index contributed by atoms with van der Waals surface area (Å²) in [5.74, 6) is 1.12. The van der Waals surface area contributed by atoms with E-state index in [1.165, 1.54) is 0 Å². The average Bonchev–Trinajstić information content (AvgIpc) is 2.68. The molecule has 2 nitrogen and oxygen atoms in total. The number of hydrogen-bond acceptors (Lipinski definition) is 2. The van der Waals surface area contributed by atoms with E-state index in [1.807, 2.05) is 39.0 Å². The molecule has 82 valence electrons.